The molecule has 0 aromatic heterocycles. The summed E-state index contributed by atoms with van der Waals surface area (Å²) in [4.78, 5) is 2.39. The van der Waals surface area contributed by atoms with Crippen LogP contribution in [0.5, 0.6) is 0 Å². The van der Waals surface area contributed by atoms with Crippen molar-refractivity contribution in [2.45, 2.75) is 16.7 Å². The lowest BCUT2D eigenvalue weighted by atomic mass is 10.2. The summed E-state index contributed by atoms with van der Waals surface area (Å²) in [5, 5.41) is 7.04. The Balaban J connectivity index is 1.59. The molecule has 5 heteroatoms. The molecule has 0 unspecified atom stereocenters. The van der Waals surface area contributed by atoms with Gasteiger partial charge in [0.25, 0.3) is 0 Å². The maximum atomic E-state index is 5.40. The third-order valence-corrected chi connectivity index (χ3v) is 5.30. The van der Waals surface area contributed by atoms with Gasteiger partial charge in [-0.15, -0.1) is 0 Å². The van der Waals surface area contributed by atoms with Gasteiger partial charge in [-0.25, -0.2) is 0 Å². The van der Waals surface area contributed by atoms with Gasteiger partial charge in [-0.1, -0.05) is 45.9 Å². The molecule has 3 aromatic rings. The smallest absolute Gasteiger partial charge is 0.175 e. The van der Waals surface area contributed by atoms with Crippen molar-refractivity contribution < 1.29 is 0 Å². The van der Waals surface area contributed by atoms with Gasteiger partial charge in [-0.3, -0.25) is 0 Å². The van der Waals surface area contributed by atoms with Gasteiger partial charge in [0.1, 0.15) is 0 Å². The highest BCUT2D eigenvalue weighted by Crippen LogP contribution is 2.29. The Kier molecular flexibility index (Phi) is 6.13. The summed E-state index contributed by atoms with van der Waals surface area (Å²) >= 11 is 10.6. The Bertz CT molecular complexity index is 862. The molecular weight excluding hydrogens is 412 g/mol. The van der Waals surface area contributed by atoms with Gasteiger partial charge in [-0.05, 0) is 79.3 Å². The minimum Gasteiger partial charge on any atom is -0.332 e. The minimum absolute atomic E-state index is 0.586. The number of nitrogens with one attached hydrogen (secondary N) is 2. The van der Waals surface area contributed by atoms with Crippen LogP contribution in [0.4, 0.5) is 11.4 Å². The van der Waals surface area contributed by atoms with Crippen molar-refractivity contribution in [3.63, 3.8) is 0 Å². The Morgan fingerprint density at radius 1 is 0.840 bits per heavy atom. The van der Waals surface area contributed by atoms with E-state index in [1.54, 1.807) is 11.8 Å². The largest absolute Gasteiger partial charge is 0.332 e. The lowest BCUT2D eigenvalue weighted by Gasteiger charge is -2.12. The monoisotopic (exact) mass is 428 g/mol. The predicted molar refractivity (Wildman–Crippen MR) is 116 cm³/mol. The van der Waals surface area contributed by atoms with E-state index in [0.29, 0.717) is 5.11 Å². The van der Waals surface area contributed by atoms with Crippen LogP contribution in [-0.4, -0.2) is 5.11 Å². The van der Waals surface area contributed by atoms with Crippen molar-refractivity contribution in [2.24, 2.45) is 0 Å². The van der Waals surface area contributed by atoms with Crippen molar-refractivity contribution >= 4 is 56.4 Å². The first-order valence-corrected chi connectivity index (χ1v) is 9.79. The lowest BCUT2D eigenvalue weighted by molar-refractivity contribution is 1.39. The molecule has 126 valence electrons. The van der Waals surface area contributed by atoms with Crippen LogP contribution in [-0.2, 0) is 0 Å². The zero-order valence-electron chi connectivity index (χ0n) is 13.6. The van der Waals surface area contributed by atoms with E-state index in [4.69, 9.17) is 12.2 Å². The molecule has 0 atom stereocenters. The summed E-state index contributed by atoms with van der Waals surface area (Å²) in [6, 6.07) is 24.6. The average Bonchev–Trinajstić information content (AvgIpc) is 2.61. The summed E-state index contributed by atoms with van der Waals surface area (Å²) in [6.07, 6.45) is 0. The molecule has 0 heterocycles. The topological polar surface area (TPSA) is 24.1 Å². The van der Waals surface area contributed by atoms with Crippen LogP contribution in [0.1, 0.15) is 5.56 Å². The predicted octanol–water partition coefficient (Wildman–Crippen LogP) is 6.72. The van der Waals surface area contributed by atoms with Crippen LogP contribution in [0.3, 0.4) is 0 Å². The summed E-state index contributed by atoms with van der Waals surface area (Å²) in [5.41, 5.74) is 3.14. The zero-order valence-corrected chi connectivity index (χ0v) is 16.8. The number of aryl methyl sites for hydroxylation is 1. The Morgan fingerprint density at radius 2 is 1.44 bits per heavy atom. The molecule has 25 heavy (non-hydrogen) atoms. The SMILES string of the molecule is Cc1ccccc1NC(=S)Nc1ccc(Sc2ccc(Br)cc2)cc1. The summed E-state index contributed by atoms with van der Waals surface area (Å²) in [7, 11) is 0. The van der Waals surface area contributed by atoms with E-state index >= 15 is 0 Å². The van der Waals surface area contributed by atoms with Gasteiger partial charge in [0.2, 0.25) is 0 Å². The van der Waals surface area contributed by atoms with Crippen LogP contribution in [0.2, 0.25) is 0 Å². The highest BCUT2D eigenvalue weighted by Gasteiger charge is 2.02. The molecule has 0 aliphatic heterocycles. The minimum atomic E-state index is 0.586. The molecule has 0 aliphatic carbocycles. The number of halogens is 1. The maximum absolute atomic E-state index is 5.40. The van der Waals surface area contributed by atoms with Gasteiger partial charge < -0.3 is 10.6 Å². The highest BCUT2D eigenvalue weighted by molar-refractivity contribution is 9.10. The van der Waals surface area contributed by atoms with Crippen molar-refractivity contribution in [2.75, 3.05) is 10.6 Å². The first-order chi connectivity index (χ1) is 12.1. The van der Waals surface area contributed by atoms with Crippen molar-refractivity contribution in [3.05, 3.63) is 82.8 Å². The number of hydrogen-bond acceptors (Lipinski definition) is 2. The second-order valence-corrected chi connectivity index (χ2v) is 7.95. The first kappa shape index (κ1) is 18.0. The number of para-hydroxylation sites is 1. The number of anilines is 2. The van der Waals surface area contributed by atoms with Crippen LogP contribution in [0.25, 0.3) is 0 Å². The quantitative estimate of drug-likeness (QED) is 0.450. The number of thiocarbonyl (C=S) groups is 1. The fraction of sp³-hybridized carbons (Fsp3) is 0.0500. The molecule has 0 aliphatic rings. The van der Waals surface area contributed by atoms with Gasteiger partial charge in [0, 0.05) is 25.6 Å². The zero-order chi connectivity index (χ0) is 17.6. The van der Waals surface area contributed by atoms with E-state index in [1.807, 2.05) is 42.5 Å². The van der Waals surface area contributed by atoms with Crippen LogP contribution < -0.4 is 10.6 Å². The van der Waals surface area contributed by atoms with Crippen molar-refractivity contribution in [1.29, 1.82) is 0 Å². The summed E-state index contributed by atoms with van der Waals surface area (Å²) < 4.78 is 1.09. The molecule has 0 fully saturated rings. The van der Waals surface area contributed by atoms with Crippen LogP contribution in [0, 0.1) is 6.92 Å². The Labute approximate surface area is 166 Å². The van der Waals surface area contributed by atoms with E-state index in [9.17, 15) is 0 Å². The first-order valence-electron chi connectivity index (χ1n) is 7.77. The highest BCUT2D eigenvalue weighted by atomic mass is 79.9. The Hall–Kier alpha value is -1.82. The molecule has 0 amide bonds. The molecule has 0 spiro atoms. The number of hydrogen-bond donors (Lipinski definition) is 2. The maximum Gasteiger partial charge on any atom is 0.175 e. The van der Waals surface area contributed by atoms with Gasteiger partial charge >= 0.3 is 0 Å². The number of rotatable bonds is 4. The molecule has 3 aromatic carbocycles. The van der Waals surface area contributed by atoms with Gasteiger partial charge in [-0.2, -0.15) is 0 Å². The molecular formula is C20H17BrN2S2. The van der Waals surface area contributed by atoms with E-state index in [0.717, 1.165) is 21.4 Å². The lowest BCUT2D eigenvalue weighted by Crippen LogP contribution is -2.19. The third-order valence-electron chi connectivity index (χ3n) is 3.55. The third kappa shape index (κ3) is 5.33. The van der Waals surface area contributed by atoms with E-state index < -0.39 is 0 Å². The van der Waals surface area contributed by atoms with Crippen LogP contribution in [0.15, 0.2) is 87.1 Å². The molecule has 2 nitrogen and oxygen atoms in total. The summed E-state index contributed by atoms with van der Waals surface area (Å²) in [5.74, 6) is 0. The molecule has 3 rings (SSSR count). The fourth-order valence-electron chi connectivity index (χ4n) is 2.24. The fourth-order valence-corrected chi connectivity index (χ4v) is 3.55. The van der Waals surface area contributed by atoms with Gasteiger partial charge in [0.15, 0.2) is 5.11 Å². The Morgan fingerprint density at radius 3 is 2.08 bits per heavy atom. The molecule has 0 radical (unpaired) electrons. The molecule has 0 bridgehead atoms. The van der Waals surface area contributed by atoms with E-state index in [2.05, 4.69) is 63.8 Å². The molecule has 2 N–H and O–H groups in total. The molecule has 0 saturated carbocycles. The van der Waals surface area contributed by atoms with Gasteiger partial charge in [0.05, 0.1) is 0 Å². The standard InChI is InChI=1S/C20H17BrN2S2/c1-14-4-2-3-5-19(14)23-20(24)22-16-8-12-18(13-9-16)25-17-10-6-15(21)7-11-17/h2-13H,1H3,(H2,22,23,24). The molecule has 0 saturated heterocycles. The second kappa shape index (κ2) is 8.52. The summed E-state index contributed by atoms with van der Waals surface area (Å²) in [6.45, 7) is 2.05. The normalized spacial score (nSPS) is 10.3. The second-order valence-electron chi connectivity index (χ2n) is 5.47. The van der Waals surface area contributed by atoms with Crippen LogP contribution >= 0.6 is 39.9 Å². The van der Waals surface area contributed by atoms with Crippen molar-refractivity contribution in [1.82, 2.24) is 0 Å². The van der Waals surface area contributed by atoms with Crippen molar-refractivity contribution in [3.8, 4) is 0 Å². The number of benzene rings is 3. The average molecular weight is 429 g/mol. The van der Waals surface area contributed by atoms with E-state index in [-0.39, 0.29) is 0 Å². The van der Waals surface area contributed by atoms with E-state index in [1.165, 1.54) is 9.79 Å².